The Hall–Kier alpha value is -3.06. The van der Waals surface area contributed by atoms with Crippen molar-refractivity contribution >= 4 is 58.5 Å². The van der Waals surface area contributed by atoms with Crippen LogP contribution in [0.3, 0.4) is 0 Å². The van der Waals surface area contributed by atoms with Gasteiger partial charge in [-0.2, -0.15) is 0 Å². The van der Waals surface area contributed by atoms with Crippen molar-refractivity contribution in [1.82, 2.24) is 21.3 Å². The van der Waals surface area contributed by atoms with Crippen molar-refractivity contribution in [2.75, 3.05) is 22.1 Å². The lowest BCUT2D eigenvalue weighted by Gasteiger charge is -2.24. The maximum atomic E-state index is 13.4. The fraction of sp³-hybridized carbons (Fsp3) is 0.467. The average molecular weight is 611 g/mol. The van der Waals surface area contributed by atoms with Gasteiger partial charge in [0.25, 0.3) is 11.8 Å². The second kappa shape index (κ2) is 11.6. The van der Waals surface area contributed by atoms with Crippen molar-refractivity contribution < 1.29 is 19.2 Å². The molecule has 42 heavy (non-hydrogen) atoms. The van der Waals surface area contributed by atoms with Gasteiger partial charge in [0.15, 0.2) is 0 Å². The Labute approximate surface area is 254 Å². The molecular formula is C30H38N6O4S2. The van der Waals surface area contributed by atoms with Gasteiger partial charge in [-0.15, -0.1) is 23.5 Å². The normalized spacial score (nSPS) is 24.0. The summed E-state index contributed by atoms with van der Waals surface area (Å²) in [5.74, 6) is 0.0320. The molecule has 8 rings (SSSR count). The molecule has 6 aliphatic rings. The molecule has 8 bridgehead atoms. The third-order valence-corrected chi connectivity index (χ3v) is 9.37. The van der Waals surface area contributed by atoms with E-state index in [-0.39, 0.29) is 34.4 Å². The number of rotatable bonds is 2. The topological polar surface area (TPSA) is 140 Å². The maximum absolute atomic E-state index is 13.4. The van der Waals surface area contributed by atoms with Crippen LogP contribution in [0.5, 0.6) is 0 Å². The van der Waals surface area contributed by atoms with Crippen molar-refractivity contribution in [3.63, 3.8) is 0 Å². The molecule has 0 aromatic heterocycles. The summed E-state index contributed by atoms with van der Waals surface area (Å²) in [6.07, 6.45) is 0. The Balaban J connectivity index is 1.52. The van der Waals surface area contributed by atoms with E-state index in [2.05, 4.69) is 31.9 Å². The number of carbonyl (C=O) groups is 4. The highest BCUT2D eigenvalue weighted by Crippen LogP contribution is 2.38. The van der Waals surface area contributed by atoms with Crippen LogP contribution in [0.2, 0.25) is 0 Å². The van der Waals surface area contributed by atoms with E-state index >= 15 is 0 Å². The second-order valence-electron chi connectivity index (χ2n) is 12.9. The molecule has 2 aromatic rings. The van der Waals surface area contributed by atoms with E-state index in [1.165, 1.54) is 23.5 Å². The molecule has 4 amide bonds. The molecular weight excluding hydrogens is 573 g/mol. The van der Waals surface area contributed by atoms with E-state index < -0.39 is 23.2 Å². The van der Waals surface area contributed by atoms with Crippen LogP contribution < -0.4 is 31.9 Å². The minimum absolute atomic E-state index is 0.223. The smallest absolute Gasteiger partial charge is 0.252 e. The van der Waals surface area contributed by atoms with Gasteiger partial charge in [-0.05, 0) is 76.9 Å². The van der Waals surface area contributed by atoms with Crippen LogP contribution in [-0.2, 0) is 9.59 Å². The number of hydrogen-bond donors (Lipinski definition) is 6. The first-order chi connectivity index (χ1) is 19.7. The second-order valence-corrected chi connectivity index (χ2v) is 15.1. The monoisotopic (exact) mass is 610 g/mol. The van der Waals surface area contributed by atoms with E-state index in [9.17, 15) is 19.2 Å². The summed E-state index contributed by atoms with van der Waals surface area (Å²) >= 11 is 3.07. The lowest BCUT2D eigenvalue weighted by atomic mass is 10.0. The molecule has 0 aliphatic carbocycles. The van der Waals surface area contributed by atoms with Gasteiger partial charge in [0.05, 0.1) is 22.8 Å². The van der Waals surface area contributed by atoms with Crippen LogP contribution in [0.1, 0.15) is 84.1 Å². The summed E-state index contributed by atoms with van der Waals surface area (Å²) in [7, 11) is 0. The molecule has 2 fully saturated rings. The highest BCUT2D eigenvalue weighted by Gasteiger charge is 2.36. The van der Waals surface area contributed by atoms with E-state index in [1.807, 2.05) is 53.7 Å². The first-order valence-corrected chi connectivity index (χ1v) is 16.1. The minimum Gasteiger partial charge on any atom is -0.347 e. The van der Waals surface area contributed by atoms with Gasteiger partial charge >= 0.3 is 0 Å². The van der Waals surface area contributed by atoms with Gasteiger partial charge in [-0.25, -0.2) is 0 Å². The summed E-state index contributed by atoms with van der Waals surface area (Å²) in [5.41, 5.74) is 2.43. The first-order valence-electron chi connectivity index (χ1n) is 14.0. The van der Waals surface area contributed by atoms with E-state index in [1.54, 1.807) is 24.3 Å². The molecule has 6 N–H and O–H groups in total. The molecule has 12 heteroatoms. The molecule has 6 heterocycles. The van der Waals surface area contributed by atoms with E-state index in [0.717, 1.165) is 11.1 Å². The van der Waals surface area contributed by atoms with Crippen LogP contribution in [0.15, 0.2) is 36.4 Å². The number of thioether (sulfide) groups is 2. The third kappa shape index (κ3) is 6.94. The van der Waals surface area contributed by atoms with Crippen LogP contribution in [0.25, 0.3) is 0 Å². The molecule has 10 nitrogen and oxygen atoms in total. The van der Waals surface area contributed by atoms with E-state index in [4.69, 9.17) is 0 Å². The number of hydrogen-bond acceptors (Lipinski definition) is 8. The fourth-order valence-corrected chi connectivity index (χ4v) is 7.55. The summed E-state index contributed by atoms with van der Waals surface area (Å²) < 4.78 is 0. The summed E-state index contributed by atoms with van der Waals surface area (Å²) in [5, 5.41) is 18.1. The van der Waals surface area contributed by atoms with Crippen molar-refractivity contribution in [3.05, 3.63) is 58.7 Å². The quantitative estimate of drug-likeness (QED) is 0.302. The molecule has 0 spiro atoms. The molecule has 224 valence electrons. The molecule has 6 aliphatic heterocycles. The first kappa shape index (κ1) is 30.4. The largest absolute Gasteiger partial charge is 0.347 e. The summed E-state index contributed by atoms with van der Waals surface area (Å²) in [6.45, 7) is 11.5. The lowest BCUT2D eigenvalue weighted by Crippen LogP contribution is -2.42. The Morgan fingerprint density at radius 1 is 0.690 bits per heavy atom. The van der Waals surface area contributed by atoms with E-state index in [0.29, 0.717) is 34.0 Å². The number of nitrogens with one attached hydrogen (secondary N) is 6. The number of amides is 4. The van der Waals surface area contributed by atoms with Crippen LogP contribution in [0, 0.1) is 0 Å². The van der Waals surface area contributed by atoms with Gasteiger partial charge in [0, 0.05) is 45.1 Å². The predicted octanol–water partition coefficient (Wildman–Crippen LogP) is 3.74. The molecule has 0 radical (unpaired) electrons. The summed E-state index contributed by atoms with van der Waals surface area (Å²) in [6, 6.07) is 9.59. The maximum Gasteiger partial charge on any atom is 0.252 e. The highest BCUT2D eigenvalue weighted by molar-refractivity contribution is 8.00. The van der Waals surface area contributed by atoms with Gasteiger partial charge in [-0.3, -0.25) is 29.8 Å². The Bertz CT molecular complexity index is 1330. The molecule has 2 aromatic carbocycles. The Morgan fingerprint density at radius 2 is 1.07 bits per heavy atom. The van der Waals surface area contributed by atoms with Gasteiger partial charge < -0.3 is 21.3 Å². The van der Waals surface area contributed by atoms with Gasteiger partial charge in [0.2, 0.25) is 11.8 Å². The molecule has 0 saturated carbocycles. The predicted molar refractivity (Wildman–Crippen MR) is 169 cm³/mol. The SMILES string of the molecule is CC(C)(C)NC(=O)c1cc2ccc1C1NC(CS1)C(=O)Nc1ccc(c(C(=O)NC(C)(C)C)c1)C1NC(CS1)C(=O)N2. The fourth-order valence-electron chi connectivity index (χ4n) is 5.00. The minimum atomic E-state index is -0.517. The molecule has 2 saturated heterocycles. The zero-order valence-corrected chi connectivity index (χ0v) is 26.3. The zero-order chi connectivity index (χ0) is 30.4. The lowest BCUT2D eigenvalue weighted by molar-refractivity contribution is -0.118. The zero-order valence-electron chi connectivity index (χ0n) is 24.6. The van der Waals surface area contributed by atoms with Crippen molar-refractivity contribution in [2.45, 2.75) is 75.5 Å². The molecule has 4 atom stereocenters. The number of anilines is 2. The average Bonchev–Trinajstić information content (AvgIpc) is 3.57. The van der Waals surface area contributed by atoms with Crippen LogP contribution in [0.4, 0.5) is 11.4 Å². The summed E-state index contributed by atoms with van der Waals surface area (Å²) in [4.78, 5) is 53.5. The number of benzene rings is 2. The van der Waals surface area contributed by atoms with Crippen molar-refractivity contribution in [1.29, 1.82) is 0 Å². The standard InChI is InChI=1S/C30H38N6O4S2/c1-29(2,3)35-23(37)19-11-15-7-9-17(19)27-33-21(13-41-27)26(40)32-16-8-10-18(20(12-16)24(38)36-30(4,5)6)28-34-22(14-42-28)25(39)31-15/h7-12,21-22,27-28,33-34H,13-14H2,1-6H3,(H,31,39)(H,32,40)(H,35,37)(H,36,38). The van der Waals surface area contributed by atoms with Crippen molar-refractivity contribution in [2.24, 2.45) is 0 Å². The highest BCUT2D eigenvalue weighted by atomic mass is 32.2. The van der Waals surface area contributed by atoms with Gasteiger partial charge in [-0.1, -0.05) is 12.1 Å². The number of carbonyl (C=O) groups excluding carboxylic acids is 4. The van der Waals surface area contributed by atoms with Crippen molar-refractivity contribution in [3.8, 4) is 0 Å². The Morgan fingerprint density at radius 3 is 1.43 bits per heavy atom. The van der Waals surface area contributed by atoms with Gasteiger partial charge in [0.1, 0.15) is 0 Å². The van der Waals surface area contributed by atoms with Crippen LogP contribution >= 0.6 is 23.5 Å². The third-order valence-electron chi connectivity index (χ3n) is 6.87. The Kier molecular flexibility index (Phi) is 8.36. The van der Waals surface area contributed by atoms with Crippen LogP contribution in [-0.4, -0.2) is 58.3 Å². The molecule has 4 unspecified atom stereocenters.